The van der Waals surface area contributed by atoms with E-state index in [4.69, 9.17) is 44.5 Å². The molecule has 35 heavy (non-hydrogen) atoms. The number of nitrogens with zero attached hydrogens (tertiary/aromatic N) is 2. The van der Waals surface area contributed by atoms with Gasteiger partial charge in [0.1, 0.15) is 15.8 Å². The number of anilines is 1. The minimum absolute atomic E-state index is 0.0480. The van der Waals surface area contributed by atoms with Gasteiger partial charge in [0.15, 0.2) is 0 Å². The highest BCUT2D eigenvalue weighted by Gasteiger charge is 2.18. The lowest BCUT2D eigenvalue weighted by atomic mass is 10.2. The van der Waals surface area contributed by atoms with Gasteiger partial charge >= 0.3 is 0 Å². The summed E-state index contributed by atoms with van der Waals surface area (Å²) in [4.78, 5) is 8.86. The SMILES string of the molecule is O=S(=O)(Nc1cnc(Oc2ccccc2-c2nc3ccccc3s2)c(Cl)c1)c1ccc(Cl)c(Cl)c1. The van der Waals surface area contributed by atoms with Gasteiger partial charge in [-0.1, -0.05) is 59.1 Å². The molecule has 5 rings (SSSR count). The molecule has 2 aromatic heterocycles. The Balaban J connectivity index is 1.41. The smallest absolute Gasteiger partial charge is 0.261 e. The molecule has 0 amide bonds. The van der Waals surface area contributed by atoms with Gasteiger partial charge in [0.05, 0.1) is 42.6 Å². The van der Waals surface area contributed by atoms with Crippen molar-refractivity contribution in [1.29, 1.82) is 0 Å². The number of pyridine rings is 1. The molecule has 0 aliphatic heterocycles. The third-order valence-electron chi connectivity index (χ3n) is 4.88. The van der Waals surface area contributed by atoms with Crippen molar-refractivity contribution in [3.63, 3.8) is 0 Å². The van der Waals surface area contributed by atoms with Crippen molar-refractivity contribution in [1.82, 2.24) is 9.97 Å². The number of rotatable bonds is 6. The molecule has 176 valence electrons. The summed E-state index contributed by atoms with van der Waals surface area (Å²) in [7, 11) is -3.94. The molecule has 0 saturated heterocycles. The molecule has 0 fully saturated rings. The number of hydrogen-bond donors (Lipinski definition) is 1. The zero-order valence-electron chi connectivity index (χ0n) is 17.6. The van der Waals surface area contributed by atoms with Crippen LogP contribution >= 0.6 is 46.1 Å². The van der Waals surface area contributed by atoms with Crippen LogP contribution < -0.4 is 9.46 Å². The molecular weight excluding hydrogens is 549 g/mol. The number of halogens is 3. The van der Waals surface area contributed by atoms with Gasteiger partial charge < -0.3 is 4.74 Å². The molecule has 0 aliphatic rings. The topological polar surface area (TPSA) is 81.2 Å². The van der Waals surface area contributed by atoms with Crippen molar-refractivity contribution in [3.05, 3.63) is 94.1 Å². The average Bonchev–Trinajstić information content (AvgIpc) is 3.27. The van der Waals surface area contributed by atoms with Gasteiger partial charge in [-0.05, 0) is 48.5 Å². The summed E-state index contributed by atoms with van der Waals surface area (Å²) in [5.74, 6) is 0.641. The van der Waals surface area contributed by atoms with Gasteiger partial charge in [0.25, 0.3) is 10.0 Å². The van der Waals surface area contributed by atoms with E-state index in [1.54, 1.807) is 17.4 Å². The minimum atomic E-state index is -3.94. The lowest BCUT2D eigenvalue weighted by Gasteiger charge is -2.12. The molecule has 0 aliphatic carbocycles. The molecule has 0 bridgehead atoms. The number of ether oxygens (including phenoxy) is 1. The normalized spacial score (nSPS) is 11.5. The Morgan fingerprint density at radius 1 is 0.857 bits per heavy atom. The predicted molar refractivity (Wildman–Crippen MR) is 142 cm³/mol. The number of fused-ring (bicyclic) bond motifs is 1. The fourth-order valence-electron chi connectivity index (χ4n) is 3.24. The number of sulfonamides is 1. The molecule has 0 unspecified atom stereocenters. The highest BCUT2D eigenvalue weighted by atomic mass is 35.5. The van der Waals surface area contributed by atoms with Crippen LogP contribution in [0.2, 0.25) is 15.1 Å². The zero-order valence-corrected chi connectivity index (χ0v) is 21.5. The summed E-state index contributed by atoms with van der Waals surface area (Å²) in [5, 5.41) is 1.30. The molecule has 0 spiro atoms. The van der Waals surface area contributed by atoms with Gasteiger partial charge in [0.2, 0.25) is 5.88 Å². The molecular formula is C24H14Cl3N3O3S2. The van der Waals surface area contributed by atoms with Crippen LogP contribution in [0.1, 0.15) is 0 Å². The first-order chi connectivity index (χ1) is 16.8. The third-order valence-corrected chi connectivity index (χ3v) is 8.34. The van der Waals surface area contributed by atoms with Gasteiger partial charge in [-0.25, -0.2) is 18.4 Å². The summed E-state index contributed by atoms with van der Waals surface area (Å²) in [6, 6.07) is 20.7. The Morgan fingerprint density at radius 2 is 1.63 bits per heavy atom. The van der Waals surface area contributed by atoms with Gasteiger partial charge in [-0.15, -0.1) is 11.3 Å². The number of nitrogens with one attached hydrogen (secondary N) is 1. The van der Waals surface area contributed by atoms with Gasteiger partial charge in [0, 0.05) is 0 Å². The van der Waals surface area contributed by atoms with Crippen molar-refractivity contribution in [3.8, 4) is 22.2 Å². The molecule has 5 aromatic rings. The maximum atomic E-state index is 12.7. The number of benzene rings is 3. The fraction of sp³-hybridized carbons (Fsp3) is 0. The van der Waals surface area contributed by atoms with E-state index in [-0.39, 0.29) is 31.5 Å². The second-order valence-electron chi connectivity index (χ2n) is 7.28. The molecule has 11 heteroatoms. The van der Waals surface area contributed by atoms with E-state index in [2.05, 4.69) is 9.71 Å². The molecule has 0 radical (unpaired) electrons. The Morgan fingerprint density at radius 3 is 2.40 bits per heavy atom. The van der Waals surface area contributed by atoms with Crippen molar-refractivity contribution in [2.75, 3.05) is 4.72 Å². The minimum Gasteiger partial charge on any atom is -0.437 e. The van der Waals surface area contributed by atoms with E-state index in [1.165, 1.54) is 30.5 Å². The summed E-state index contributed by atoms with van der Waals surface area (Å²) in [5.41, 5.74) is 1.85. The predicted octanol–water partition coefficient (Wildman–Crippen LogP) is 7.91. The van der Waals surface area contributed by atoms with Crippen LogP contribution in [-0.2, 0) is 10.0 Å². The molecule has 6 nitrogen and oxygen atoms in total. The van der Waals surface area contributed by atoms with Crippen LogP contribution in [0.4, 0.5) is 5.69 Å². The van der Waals surface area contributed by atoms with Crippen LogP contribution in [0, 0.1) is 0 Å². The van der Waals surface area contributed by atoms with Crippen LogP contribution in [0.3, 0.4) is 0 Å². The van der Waals surface area contributed by atoms with Crippen LogP contribution in [0.5, 0.6) is 11.6 Å². The summed E-state index contributed by atoms with van der Waals surface area (Å²) in [6.45, 7) is 0. The van der Waals surface area contributed by atoms with E-state index in [0.29, 0.717) is 5.75 Å². The lowest BCUT2D eigenvalue weighted by Crippen LogP contribution is -2.13. The number of para-hydroxylation sites is 2. The summed E-state index contributed by atoms with van der Waals surface area (Å²) in [6.07, 6.45) is 1.32. The Hall–Kier alpha value is -2.88. The monoisotopic (exact) mass is 561 g/mol. The number of aromatic nitrogens is 2. The maximum Gasteiger partial charge on any atom is 0.261 e. The van der Waals surface area contributed by atoms with E-state index in [0.717, 1.165) is 20.8 Å². The van der Waals surface area contributed by atoms with E-state index >= 15 is 0 Å². The van der Waals surface area contributed by atoms with Gasteiger partial charge in [-0.3, -0.25) is 4.72 Å². The van der Waals surface area contributed by atoms with Crippen molar-refractivity contribution in [2.24, 2.45) is 0 Å². The molecule has 0 atom stereocenters. The largest absolute Gasteiger partial charge is 0.437 e. The standard InChI is InChI=1S/C24H14Cl3N3O3S2/c25-17-10-9-15(12-18(17)26)35(31,32)30-14-11-19(27)23(28-13-14)33-21-7-3-1-5-16(21)24-29-20-6-2-4-8-22(20)34-24/h1-13,30H. The fourth-order valence-corrected chi connectivity index (χ4v) is 5.86. The highest BCUT2D eigenvalue weighted by Crippen LogP contribution is 2.39. The first kappa shape index (κ1) is 23.8. The van der Waals surface area contributed by atoms with Crippen LogP contribution in [0.25, 0.3) is 20.8 Å². The zero-order chi connectivity index (χ0) is 24.6. The summed E-state index contributed by atoms with van der Waals surface area (Å²) < 4.78 is 34.9. The quantitative estimate of drug-likeness (QED) is 0.227. The second-order valence-corrected chi connectivity index (χ2v) is 11.2. The van der Waals surface area contributed by atoms with E-state index < -0.39 is 10.0 Å². The van der Waals surface area contributed by atoms with E-state index in [9.17, 15) is 8.42 Å². The van der Waals surface area contributed by atoms with Crippen LogP contribution in [-0.4, -0.2) is 18.4 Å². The lowest BCUT2D eigenvalue weighted by molar-refractivity contribution is 0.465. The maximum absolute atomic E-state index is 12.7. The second kappa shape index (κ2) is 9.64. The Bertz CT molecular complexity index is 1640. The van der Waals surface area contributed by atoms with Crippen molar-refractivity contribution >= 4 is 72.1 Å². The van der Waals surface area contributed by atoms with Crippen molar-refractivity contribution in [2.45, 2.75) is 4.90 Å². The molecule has 2 heterocycles. The Labute approximate surface area is 220 Å². The number of hydrogen-bond acceptors (Lipinski definition) is 6. The first-order valence-corrected chi connectivity index (χ1v) is 13.5. The van der Waals surface area contributed by atoms with Gasteiger partial charge in [-0.2, -0.15) is 0 Å². The highest BCUT2D eigenvalue weighted by molar-refractivity contribution is 7.92. The summed E-state index contributed by atoms with van der Waals surface area (Å²) >= 11 is 19.8. The van der Waals surface area contributed by atoms with E-state index in [1.807, 2.05) is 42.5 Å². The Kier molecular flexibility index (Phi) is 6.57. The molecule has 0 saturated carbocycles. The van der Waals surface area contributed by atoms with Crippen LogP contribution in [0.15, 0.2) is 83.9 Å². The third kappa shape index (κ3) is 5.07. The molecule has 3 aromatic carbocycles. The first-order valence-electron chi connectivity index (χ1n) is 10.1. The van der Waals surface area contributed by atoms with Crippen molar-refractivity contribution < 1.29 is 13.2 Å². The molecule has 1 N–H and O–H groups in total. The average molecular weight is 563 g/mol. The number of thiazole rings is 1.